The summed E-state index contributed by atoms with van der Waals surface area (Å²) in [6.45, 7) is 0.538. The van der Waals surface area contributed by atoms with Crippen molar-refractivity contribution >= 4 is 0 Å². The summed E-state index contributed by atoms with van der Waals surface area (Å²) in [5, 5.41) is 9.85. The molecule has 1 aliphatic rings. The fourth-order valence-electron chi connectivity index (χ4n) is 1.43. The average molecular weight is 195 g/mol. The Kier molecular flexibility index (Phi) is 2.65. The predicted molar refractivity (Wildman–Crippen MR) is 49.6 cm³/mol. The van der Waals surface area contributed by atoms with Crippen LogP contribution in [0, 0.1) is 0 Å². The quantitative estimate of drug-likeness (QED) is 0.723. The molecule has 0 aromatic carbocycles. The molecule has 0 spiro atoms. The molecule has 0 aliphatic carbocycles. The molecule has 1 saturated heterocycles. The van der Waals surface area contributed by atoms with E-state index in [2.05, 4.69) is 4.98 Å². The zero-order valence-corrected chi connectivity index (χ0v) is 7.85. The van der Waals surface area contributed by atoms with Crippen molar-refractivity contribution in [2.45, 2.75) is 25.2 Å². The van der Waals surface area contributed by atoms with Crippen molar-refractivity contribution in [3.63, 3.8) is 0 Å². The van der Waals surface area contributed by atoms with Crippen LogP contribution in [0.25, 0.3) is 0 Å². The smallest absolute Gasteiger partial charge is 0.324 e. The Bertz CT molecular complexity index is 283. The van der Waals surface area contributed by atoms with Gasteiger partial charge in [-0.3, -0.25) is 4.98 Å². The Morgan fingerprint density at radius 1 is 1.50 bits per heavy atom. The van der Waals surface area contributed by atoms with E-state index in [0.29, 0.717) is 18.8 Å². The summed E-state index contributed by atoms with van der Waals surface area (Å²) in [5.41, 5.74) is 0. The molecule has 2 rings (SSSR count). The van der Waals surface area contributed by atoms with Crippen LogP contribution < -0.4 is 4.74 Å². The van der Waals surface area contributed by atoms with Crippen LogP contribution in [0.3, 0.4) is 0 Å². The second kappa shape index (κ2) is 3.94. The Morgan fingerprint density at radius 2 is 2.43 bits per heavy atom. The van der Waals surface area contributed by atoms with Crippen molar-refractivity contribution in [2.75, 3.05) is 6.61 Å². The Hall–Kier alpha value is -1.13. The molecule has 0 saturated carbocycles. The highest BCUT2D eigenvalue weighted by molar-refractivity contribution is 5.15. The number of aromatic nitrogens is 1. The summed E-state index contributed by atoms with van der Waals surface area (Å²) in [6, 6.07) is 3.49. The van der Waals surface area contributed by atoms with Crippen molar-refractivity contribution in [1.29, 1.82) is 0 Å². The number of ether oxygens (including phenoxy) is 2. The number of hydrogen-bond acceptors (Lipinski definition) is 4. The maximum Gasteiger partial charge on any atom is 0.324 e. The number of aliphatic hydroxyl groups is 1. The molecule has 1 atom stereocenters. The molecule has 1 N–H and O–H groups in total. The maximum atomic E-state index is 9.85. The largest absolute Gasteiger partial charge is 0.437 e. The Labute approximate surface area is 82.5 Å². The third kappa shape index (κ3) is 2.21. The summed E-state index contributed by atoms with van der Waals surface area (Å²) < 4.78 is 10.5. The van der Waals surface area contributed by atoms with Gasteiger partial charge in [0, 0.05) is 12.6 Å². The molecule has 1 aromatic heterocycles. The first kappa shape index (κ1) is 9.43. The number of rotatable bonds is 2. The van der Waals surface area contributed by atoms with E-state index in [4.69, 9.17) is 9.47 Å². The monoisotopic (exact) mass is 195 g/mol. The molecule has 0 bridgehead atoms. The van der Waals surface area contributed by atoms with Gasteiger partial charge in [-0.1, -0.05) is 0 Å². The molecular formula is C10H13NO3. The standard InChI is InChI=1S/C10H13NO3/c12-10(5-1-2-7-13-10)14-9-4-3-6-11-8-9/h3-4,6,8,12H,1-2,5,7H2. The molecule has 0 radical (unpaired) electrons. The molecule has 2 heterocycles. The van der Waals surface area contributed by atoms with Gasteiger partial charge in [-0.05, 0) is 25.0 Å². The van der Waals surface area contributed by atoms with Crippen LogP contribution in [0.15, 0.2) is 24.5 Å². The first-order chi connectivity index (χ1) is 6.79. The summed E-state index contributed by atoms with van der Waals surface area (Å²) in [4.78, 5) is 3.89. The molecule has 1 aliphatic heterocycles. The van der Waals surface area contributed by atoms with Crippen molar-refractivity contribution in [3.8, 4) is 5.75 Å². The highest BCUT2D eigenvalue weighted by Crippen LogP contribution is 2.25. The molecule has 14 heavy (non-hydrogen) atoms. The van der Waals surface area contributed by atoms with E-state index in [1.807, 2.05) is 0 Å². The summed E-state index contributed by atoms with van der Waals surface area (Å²) in [7, 11) is 0. The molecule has 4 nitrogen and oxygen atoms in total. The van der Waals surface area contributed by atoms with E-state index in [-0.39, 0.29) is 0 Å². The van der Waals surface area contributed by atoms with Crippen LogP contribution in [0.1, 0.15) is 19.3 Å². The van der Waals surface area contributed by atoms with Gasteiger partial charge < -0.3 is 14.6 Å². The van der Waals surface area contributed by atoms with Crippen LogP contribution in [0.5, 0.6) is 5.75 Å². The van der Waals surface area contributed by atoms with Crippen LogP contribution in [0.2, 0.25) is 0 Å². The molecule has 4 heteroatoms. The Morgan fingerprint density at radius 3 is 3.07 bits per heavy atom. The topological polar surface area (TPSA) is 51.6 Å². The Balaban J connectivity index is 2.02. The second-order valence-corrected chi connectivity index (χ2v) is 3.31. The minimum absolute atomic E-state index is 0.502. The van der Waals surface area contributed by atoms with Gasteiger partial charge in [0.2, 0.25) is 0 Å². The lowest BCUT2D eigenvalue weighted by Crippen LogP contribution is -2.41. The van der Waals surface area contributed by atoms with Gasteiger partial charge in [-0.2, -0.15) is 0 Å². The van der Waals surface area contributed by atoms with E-state index in [0.717, 1.165) is 12.8 Å². The van der Waals surface area contributed by atoms with Gasteiger partial charge in [0.1, 0.15) is 5.75 Å². The zero-order valence-electron chi connectivity index (χ0n) is 7.85. The van der Waals surface area contributed by atoms with Gasteiger partial charge in [0.05, 0.1) is 12.8 Å². The lowest BCUT2D eigenvalue weighted by Gasteiger charge is -2.31. The molecule has 1 fully saturated rings. The highest BCUT2D eigenvalue weighted by atomic mass is 16.8. The fraction of sp³-hybridized carbons (Fsp3) is 0.500. The number of pyridine rings is 1. The van der Waals surface area contributed by atoms with Crippen LogP contribution >= 0.6 is 0 Å². The second-order valence-electron chi connectivity index (χ2n) is 3.31. The van der Waals surface area contributed by atoms with E-state index < -0.39 is 5.97 Å². The van der Waals surface area contributed by atoms with Crippen LogP contribution in [-0.4, -0.2) is 22.7 Å². The fourth-order valence-corrected chi connectivity index (χ4v) is 1.43. The molecule has 1 aromatic rings. The molecule has 1 unspecified atom stereocenters. The normalized spacial score (nSPS) is 27.2. The number of hydrogen-bond donors (Lipinski definition) is 1. The van der Waals surface area contributed by atoms with E-state index in [1.165, 1.54) is 0 Å². The van der Waals surface area contributed by atoms with E-state index in [9.17, 15) is 5.11 Å². The lowest BCUT2D eigenvalue weighted by molar-refractivity contribution is -0.334. The van der Waals surface area contributed by atoms with Gasteiger partial charge in [-0.25, -0.2) is 0 Å². The third-order valence-electron chi connectivity index (χ3n) is 2.13. The lowest BCUT2D eigenvalue weighted by atomic mass is 10.2. The van der Waals surface area contributed by atoms with Gasteiger partial charge in [0.15, 0.2) is 0 Å². The van der Waals surface area contributed by atoms with Crippen molar-refractivity contribution in [3.05, 3.63) is 24.5 Å². The van der Waals surface area contributed by atoms with Crippen LogP contribution in [-0.2, 0) is 4.74 Å². The van der Waals surface area contributed by atoms with Crippen molar-refractivity contribution in [1.82, 2.24) is 4.98 Å². The highest BCUT2D eigenvalue weighted by Gasteiger charge is 2.32. The predicted octanol–water partition coefficient (Wildman–Crippen LogP) is 1.31. The van der Waals surface area contributed by atoms with E-state index >= 15 is 0 Å². The first-order valence-electron chi connectivity index (χ1n) is 4.74. The molecular weight excluding hydrogens is 182 g/mol. The maximum absolute atomic E-state index is 9.85. The summed E-state index contributed by atoms with van der Waals surface area (Å²) >= 11 is 0. The summed E-state index contributed by atoms with van der Waals surface area (Å²) in [5.74, 6) is -0.932. The van der Waals surface area contributed by atoms with Crippen molar-refractivity contribution < 1.29 is 14.6 Å². The molecule has 76 valence electrons. The minimum Gasteiger partial charge on any atom is -0.437 e. The summed E-state index contributed by atoms with van der Waals surface area (Å²) in [6.07, 6.45) is 5.59. The average Bonchev–Trinajstić information content (AvgIpc) is 2.19. The van der Waals surface area contributed by atoms with Gasteiger partial charge in [0.25, 0.3) is 0 Å². The molecule has 0 amide bonds. The first-order valence-corrected chi connectivity index (χ1v) is 4.74. The number of nitrogens with zero attached hydrogens (tertiary/aromatic N) is 1. The van der Waals surface area contributed by atoms with Crippen molar-refractivity contribution in [2.24, 2.45) is 0 Å². The van der Waals surface area contributed by atoms with E-state index in [1.54, 1.807) is 24.5 Å². The van der Waals surface area contributed by atoms with Gasteiger partial charge >= 0.3 is 5.97 Å². The zero-order chi connectivity index (χ0) is 9.86. The minimum atomic E-state index is -1.46. The van der Waals surface area contributed by atoms with Gasteiger partial charge in [-0.15, -0.1) is 0 Å². The third-order valence-corrected chi connectivity index (χ3v) is 2.13. The van der Waals surface area contributed by atoms with Crippen LogP contribution in [0.4, 0.5) is 0 Å². The SMILES string of the molecule is OC1(Oc2cccnc2)CCCCO1.